The summed E-state index contributed by atoms with van der Waals surface area (Å²) in [5.74, 6) is 0. The van der Waals surface area contributed by atoms with Crippen LogP contribution in [0.5, 0.6) is 0 Å². The molecule has 0 aliphatic rings. The molecule has 3 nitrogen and oxygen atoms in total. The first kappa shape index (κ1) is 17.4. The summed E-state index contributed by atoms with van der Waals surface area (Å²) in [5, 5.41) is 1.29. The maximum atomic E-state index is 6.11. The number of rotatable bonds is 9. The summed E-state index contributed by atoms with van der Waals surface area (Å²) < 4.78 is 0. The molecule has 112 valence electrons. The minimum atomic E-state index is -0.113. The second kappa shape index (κ2) is 10.2. The van der Waals surface area contributed by atoms with Gasteiger partial charge in [0.05, 0.1) is 0 Å². The molecule has 0 bridgehead atoms. The highest BCUT2D eigenvalue weighted by atomic mass is 35.5. The van der Waals surface area contributed by atoms with Crippen LogP contribution in [0.2, 0.25) is 10.0 Å². The SMILES string of the molecule is NCCCCCCN=CC(N)Cc1ccc(Cl)cc1Cl. The lowest BCUT2D eigenvalue weighted by Crippen LogP contribution is -2.24. The molecule has 0 aliphatic heterocycles. The molecule has 1 atom stereocenters. The van der Waals surface area contributed by atoms with Gasteiger partial charge in [-0.3, -0.25) is 4.99 Å². The molecule has 1 aromatic rings. The molecule has 0 aliphatic carbocycles. The highest BCUT2D eigenvalue weighted by Gasteiger charge is 2.05. The Balaban J connectivity index is 2.27. The third-order valence-corrected chi connectivity index (χ3v) is 3.60. The summed E-state index contributed by atoms with van der Waals surface area (Å²) in [6.07, 6.45) is 7.02. The molecule has 20 heavy (non-hydrogen) atoms. The van der Waals surface area contributed by atoms with Crippen LogP contribution in [0, 0.1) is 0 Å². The average Bonchev–Trinajstić information content (AvgIpc) is 2.41. The van der Waals surface area contributed by atoms with Crippen LogP contribution in [-0.2, 0) is 6.42 Å². The van der Waals surface area contributed by atoms with E-state index in [1.54, 1.807) is 6.07 Å². The van der Waals surface area contributed by atoms with Crippen LogP contribution in [0.4, 0.5) is 0 Å². The average molecular weight is 316 g/mol. The van der Waals surface area contributed by atoms with Gasteiger partial charge in [0.1, 0.15) is 0 Å². The number of aliphatic imine (C=N–C) groups is 1. The van der Waals surface area contributed by atoms with Crippen molar-refractivity contribution in [2.24, 2.45) is 16.5 Å². The van der Waals surface area contributed by atoms with E-state index < -0.39 is 0 Å². The van der Waals surface area contributed by atoms with Gasteiger partial charge in [0.2, 0.25) is 0 Å². The van der Waals surface area contributed by atoms with Crippen LogP contribution in [0.3, 0.4) is 0 Å². The highest BCUT2D eigenvalue weighted by molar-refractivity contribution is 6.35. The number of halogens is 2. The zero-order valence-corrected chi connectivity index (χ0v) is 13.2. The number of unbranched alkanes of at least 4 members (excludes halogenated alkanes) is 3. The quantitative estimate of drug-likeness (QED) is 0.541. The second-order valence-electron chi connectivity index (χ2n) is 4.86. The van der Waals surface area contributed by atoms with Crippen LogP contribution in [-0.4, -0.2) is 25.3 Å². The fourth-order valence-electron chi connectivity index (χ4n) is 1.90. The molecule has 0 aromatic heterocycles. The standard InChI is InChI=1S/C15H23Cl2N3/c16-13-6-5-12(15(17)10-13)9-14(19)11-20-8-4-2-1-3-7-18/h5-6,10-11,14H,1-4,7-9,18-19H2. The number of nitrogens with zero attached hydrogens (tertiary/aromatic N) is 1. The zero-order chi connectivity index (χ0) is 14.8. The van der Waals surface area contributed by atoms with Gasteiger partial charge in [-0.15, -0.1) is 0 Å². The first-order valence-corrected chi connectivity index (χ1v) is 7.78. The lowest BCUT2D eigenvalue weighted by Gasteiger charge is -2.08. The van der Waals surface area contributed by atoms with Crippen LogP contribution in [0.15, 0.2) is 23.2 Å². The minimum Gasteiger partial charge on any atom is -0.330 e. The molecule has 1 unspecified atom stereocenters. The van der Waals surface area contributed by atoms with Crippen molar-refractivity contribution >= 4 is 29.4 Å². The maximum Gasteiger partial charge on any atom is 0.0453 e. The first-order chi connectivity index (χ1) is 9.63. The Labute approximate surface area is 131 Å². The Bertz CT molecular complexity index is 422. The van der Waals surface area contributed by atoms with Crippen LogP contribution < -0.4 is 11.5 Å². The van der Waals surface area contributed by atoms with E-state index in [0.29, 0.717) is 16.5 Å². The van der Waals surface area contributed by atoms with Gasteiger partial charge in [0, 0.05) is 28.8 Å². The van der Waals surface area contributed by atoms with Crippen molar-refractivity contribution in [3.63, 3.8) is 0 Å². The molecular formula is C15H23Cl2N3. The fourth-order valence-corrected chi connectivity index (χ4v) is 2.39. The van der Waals surface area contributed by atoms with E-state index in [4.69, 9.17) is 34.7 Å². The van der Waals surface area contributed by atoms with Crippen molar-refractivity contribution < 1.29 is 0 Å². The van der Waals surface area contributed by atoms with Gasteiger partial charge < -0.3 is 11.5 Å². The number of hydrogen-bond acceptors (Lipinski definition) is 3. The molecule has 0 saturated heterocycles. The van der Waals surface area contributed by atoms with Crippen LogP contribution >= 0.6 is 23.2 Å². The summed E-state index contributed by atoms with van der Waals surface area (Å²) in [5.41, 5.74) is 12.5. The molecule has 1 rings (SSSR count). The van der Waals surface area contributed by atoms with Crippen molar-refractivity contribution in [2.45, 2.75) is 38.1 Å². The molecule has 1 aromatic carbocycles. The van der Waals surface area contributed by atoms with Gasteiger partial charge >= 0.3 is 0 Å². The lowest BCUT2D eigenvalue weighted by molar-refractivity contribution is 0.653. The highest BCUT2D eigenvalue weighted by Crippen LogP contribution is 2.21. The third kappa shape index (κ3) is 7.25. The van der Waals surface area contributed by atoms with Gasteiger partial charge in [-0.2, -0.15) is 0 Å². The Kier molecular flexibility index (Phi) is 8.86. The minimum absolute atomic E-state index is 0.113. The Morgan fingerprint density at radius 3 is 2.60 bits per heavy atom. The smallest absolute Gasteiger partial charge is 0.0453 e. The Hall–Kier alpha value is -0.610. The monoisotopic (exact) mass is 315 g/mol. The molecule has 0 radical (unpaired) electrons. The molecule has 0 heterocycles. The Morgan fingerprint density at radius 1 is 1.15 bits per heavy atom. The summed E-state index contributed by atoms with van der Waals surface area (Å²) in [6.45, 7) is 1.60. The van der Waals surface area contributed by atoms with E-state index in [2.05, 4.69) is 4.99 Å². The fraction of sp³-hybridized carbons (Fsp3) is 0.533. The molecule has 4 N–H and O–H groups in total. The van der Waals surface area contributed by atoms with Crippen molar-refractivity contribution in [1.82, 2.24) is 0 Å². The van der Waals surface area contributed by atoms with Crippen molar-refractivity contribution in [3.05, 3.63) is 33.8 Å². The predicted octanol–water partition coefficient (Wildman–Crippen LogP) is 3.45. The van der Waals surface area contributed by atoms with Gasteiger partial charge in [0.25, 0.3) is 0 Å². The van der Waals surface area contributed by atoms with E-state index in [0.717, 1.165) is 31.5 Å². The van der Waals surface area contributed by atoms with Gasteiger partial charge in [0.15, 0.2) is 0 Å². The third-order valence-electron chi connectivity index (χ3n) is 3.01. The van der Waals surface area contributed by atoms with Gasteiger partial charge in [-0.1, -0.05) is 42.1 Å². The van der Waals surface area contributed by atoms with Crippen LogP contribution in [0.1, 0.15) is 31.2 Å². The summed E-state index contributed by atoms with van der Waals surface area (Å²) in [7, 11) is 0. The van der Waals surface area contributed by atoms with E-state index in [1.807, 2.05) is 18.3 Å². The molecule has 0 saturated carbocycles. The largest absolute Gasteiger partial charge is 0.330 e. The first-order valence-electron chi connectivity index (χ1n) is 7.03. The summed E-state index contributed by atoms with van der Waals surface area (Å²) >= 11 is 12.0. The summed E-state index contributed by atoms with van der Waals surface area (Å²) in [6, 6.07) is 5.35. The maximum absolute atomic E-state index is 6.11. The van der Waals surface area contributed by atoms with E-state index in [9.17, 15) is 0 Å². The van der Waals surface area contributed by atoms with Crippen molar-refractivity contribution in [2.75, 3.05) is 13.1 Å². The zero-order valence-electron chi connectivity index (χ0n) is 11.7. The topological polar surface area (TPSA) is 64.4 Å². The molecule has 0 amide bonds. The number of hydrogen-bond donors (Lipinski definition) is 2. The lowest BCUT2D eigenvalue weighted by atomic mass is 10.1. The number of nitrogens with two attached hydrogens (primary N) is 2. The number of benzene rings is 1. The summed E-state index contributed by atoms with van der Waals surface area (Å²) in [4.78, 5) is 4.36. The van der Waals surface area contributed by atoms with Crippen molar-refractivity contribution in [3.8, 4) is 0 Å². The molecule has 5 heteroatoms. The van der Waals surface area contributed by atoms with E-state index >= 15 is 0 Å². The van der Waals surface area contributed by atoms with Crippen molar-refractivity contribution in [1.29, 1.82) is 0 Å². The molecule has 0 spiro atoms. The molecule has 0 fully saturated rings. The second-order valence-corrected chi connectivity index (χ2v) is 5.71. The van der Waals surface area contributed by atoms with E-state index in [-0.39, 0.29) is 6.04 Å². The Morgan fingerprint density at radius 2 is 1.90 bits per heavy atom. The van der Waals surface area contributed by atoms with Gasteiger partial charge in [-0.05, 0) is 43.5 Å². The van der Waals surface area contributed by atoms with Gasteiger partial charge in [-0.25, -0.2) is 0 Å². The van der Waals surface area contributed by atoms with E-state index in [1.165, 1.54) is 12.8 Å². The molecular weight excluding hydrogens is 293 g/mol. The predicted molar refractivity (Wildman–Crippen MR) is 89.0 cm³/mol. The van der Waals surface area contributed by atoms with Crippen LogP contribution in [0.25, 0.3) is 0 Å². The normalized spacial score (nSPS) is 13.0.